The smallest absolute Gasteiger partial charge is 0.257 e. The molecule has 0 amide bonds. The van der Waals surface area contributed by atoms with Gasteiger partial charge in [0.1, 0.15) is 5.52 Å². The van der Waals surface area contributed by atoms with Crippen LogP contribution in [0.2, 0.25) is 0 Å². The summed E-state index contributed by atoms with van der Waals surface area (Å²) in [6.45, 7) is 0. The first-order chi connectivity index (χ1) is 7.83. The van der Waals surface area contributed by atoms with E-state index in [9.17, 15) is 0 Å². The highest BCUT2D eigenvalue weighted by Crippen LogP contribution is 2.34. The van der Waals surface area contributed by atoms with Crippen molar-refractivity contribution < 1.29 is 4.42 Å². The van der Waals surface area contributed by atoms with Crippen LogP contribution < -0.4 is 5.73 Å². The van der Waals surface area contributed by atoms with Crippen LogP contribution in [0.4, 0.5) is 0 Å². The van der Waals surface area contributed by atoms with E-state index in [0.717, 1.165) is 22.7 Å². The summed E-state index contributed by atoms with van der Waals surface area (Å²) in [7, 11) is 0. The number of para-hydroxylation sites is 2. The Labute approximate surface area is 98.4 Å². The molecule has 1 heterocycles. The van der Waals surface area contributed by atoms with E-state index < -0.39 is 0 Å². The molecule has 0 radical (unpaired) electrons. The maximum atomic E-state index is 6.03. The molecule has 3 nitrogen and oxygen atoms in total. The molecular formula is C12H14N2OS. The average Bonchev–Trinajstić information content (AvgIpc) is 2.85. The van der Waals surface area contributed by atoms with Crippen LogP contribution in [-0.4, -0.2) is 16.3 Å². The molecule has 0 spiro atoms. The molecule has 1 saturated carbocycles. The number of aromatic nitrogens is 1. The van der Waals surface area contributed by atoms with E-state index in [2.05, 4.69) is 4.98 Å². The first kappa shape index (κ1) is 10.2. The van der Waals surface area contributed by atoms with E-state index in [-0.39, 0.29) is 0 Å². The number of nitrogens with two attached hydrogens (primary N) is 1. The van der Waals surface area contributed by atoms with Gasteiger partial charge in [0.25, 0.3) is 5.22 Å². The van der Waals surface area contributed by atoms with Gasteiger partial charge >= 0.3 is 0 Å². The highest BCUT2D eigenvalue weighted by Gasteiger charge is 2.26. The van der Waals surface area contributed by atoms with Gasteiger partial charge in [-0.25, -0.2) is 4.98 Å². The summed E-state index contributed by atoms with van der Waals surface area (Å²) in [4.78, 5) is 4.45. The summed E-state index contributed by atoms with van der Waals surface area (Å²) >= 11 is 1.68. The van der Waals surface area contributed by atoms with Crippen molar-refractivity contribution in [2.24, 2.45) is 5.73 Å². The molecule has 1 aliphatic rings. The van der Waals surface area contributed by atoms with Crippen LogP contribution >= 0.6 is 11.8 Å². The normalized spacial score (nSPS) is 25.3. The second-order valence-corrected chi connectivity index (χ2v) is 5.39. The average molecular weight is 234 g/mol. The summed E-state index contributed by atoms with van der Waals surface area (Å²) in [5, 5.41) is 1.22. The zero-order valence-electron chi connectivity index (χ0n) is 8.93. The Bertz CT molecular complexity index is 463. The summed E-state index contributed by atoms with van der Waals surface area (Å²) in [5.74, 6) is 0. The van der Waals surface area contributed by atoms with Gasteiger partial charge in [-0.15, -0.1) is 0 Å². The number of benzene rings is 1. The number of oxazole rings is 1. The minimum absolute atomic E-state index is 0.292. The predicted molar refractivity (Wildman–Crippen MR) is 65.5 cm³/mol. The topological polar surface area (TPSA) is 52.0 Å². The molecule has 2 atom stereocenters. The molecule has 16 heavy (non-hydrogen) atoms. The monoisotopic (exact) mass is 234 g/mol. The molecule has 2 N–H and O–H groups in total. The minimum Gasteiger partial charge on any atom is -0.431 e. The van der Waals surface area contributed by atoms with Gasteiger partial charge in [0.15, 0.2) is 5.58 Å². The Morgan fingerprint density at radius 2 is 2.19 bits per heavy atom. The van der Waals surface area contributed by atoms with Gasteiger partial charge in [-0.05, 0) is 25.0 Å². The van der Waals surface area contributed by atoms with Crippen molar-refractivity contribution in [3.8, 4) is 0 Å². The molecule has 2 aromatic rings. The molecule has 84 valence electrons. The van der Waals surface area contributed by atoms with E-state index in [0.29, 0.717) is 11.3 Å². The molecule has 3 rings (SSSR count). The Morgan fingerprint density at radius 1 is 1.31 bits per heavy atom. The van der Waals surface area contributed by atoms with Crippen molar-refractivity contribution in [2.75, 3.05) is 0 Å². The van der Waals surface area contributed by atoms with Crippen LogP contribution in [0.15, 0.2) is 33.9 Å². The molecule has 1 fully saturated rings. The maximum absolute atomic E-state index is 6.03. The highest BCUT2D eigenvalue weighted by atomic mass is 32.2. The van der Waals surface area contributed by atoms with Crippen LogP contribution in [0.1, 0.15) is 19.3 Å². The lowest BCUT2D eigenvalue weighted by Gasteiger charge is -2.11. The second kappa shape index (κ2) is 4.11. The summed E-state index contributed by atoms with van der Waals surface area (Å²) in [5.41, 5.74) is 7.82. The zero-order chi connectivity index (χ0) is 11.0. The van der Waals surface area contributed by atoms with E-state index in [1.54, 1.807) is 11.8 Å². The van der Waals surface area contributed by atoms with Gasteiger partial charge < -0.3 is 10.2 Å². The number of hydrogen-bond donors (Lipinski definition) is 1. The lowest BCUT2D eigenvalue weighted by atomic mass is 10.3. The van der Waals surface area contributed by atoms with Crippen LogP contribution in [0.3, 0.4) is 0 Å². The van der Waals surface area contributed by atoms with Crippen molar-refractivity contribution in [1.29, 1.82) is 0 Å². The van der Waals surface area contributed by atoms with Crippen molar-refractivity contribution in [3.05, 3.63) is 24.3 Å². The third kappa shape index (κ3) is 1.83. The Hall–Kier alpha value is -1.00. The van der Waals surface area contributed by atoms with Crippen molar-refractivity contribution in [2.45, 2.75) is 35.8 Å². The molecule has 1 aliphatic carbocycles. The van der Waals surface area contributed by atoms with Crippen molar-refractivity contribution in [3.63, 3.8) is 0 Å². The lowest BCUT2D eigenvalue weighted by Crippen LogP contribution is -2.26. The molecule has 0 saturated heterocycles. The lowest BCUT2D eigenvalue weighted by molar-refractivity contribution is 0.487. The highest BCUT2D eigenvalue weighted by molar-refractivity contribution is 7.99. The third-order valence-electron chi connectivity index (χ3n) is 3.03. The van der Waals surface area contributed by atoms with Crippen molar-refractivity contribution >= 4 is 22.9 Å². The van der Waals surface area contributed by atoms with Crippen LogP contribution in [-0.2, 0) is 0 Å². The number of nitrogens with zero attached hydrogens (tertiary/aromatic N) is 1. The third-order valence-corrected chi connectivity index (χ3v) is 4.29. The fourth-order valence-corrected chi connectivity index (χ4v) is 3.28. The molecule has 1 aromatic heterocycles. The largest absolute Gasteiger partial charge is 0.431 e. The van der Waals surface area contributed by atoms with Crippen LogP contribution in [0.25, 0.3) is 11.1 Å². The van der Waals surface area contributed by atoms with Gasteiger partial charge in [-0.3, -0.25) is 0 Å². The van der Waals surface area contributed by atoms with Crippen molar-refractivity contribution in [1.82, 2.24) is 4.98 Å². The predicted octanol–water partition coefficient (Wildman–Crippen LogP) is 2.80. The molecule has 0 bridgehead atoms. The minimum atomic E-state index is 0.292. The first-order valence-corrected chi connectivity index (χ1v) is 6.49. The van der Waals surface area contributed by atoms with E-state index in [1.165, 1.54) is 12.8 Å². The number of hydrogen-bond acceptors (Lipinski definition) is 4. The Kier molecular flexibility index (Phi) is 2.61. The van der Waals surface area contributed by atoms with Gasteiger partial charge in [-0.2, -0.15) is 0 Å². The molecule has 2 unspecified atom stereocenters. The SMILES string of the molecule is NC1CCCC1Sc1nc2ccccc2o1. The summed E-state index contributed by atoms with van der Waals surface area (Å²) in [6, 6.07) is 8.14. The number of thioether (sulfide) groups is 1. The van der Waals surface area contributed by atoms with E-state index in [4.69, 9.17) is 10.2 Å². The molecule has 4 heteroatoms. The second-order valence-electron chi connectivity index (χ2n) is 4.20. The quantitative estimate of drug-likeness (QED) is 0.868. The van der Waals surface area contributed by atoms with E-state index in [1.807, 2.05) is 24.3 Å². The maximum Gasteiger partial charge on any atom is 0.257 e. The fourth-order valence-electron chi connectivity index (χ4n) is 2.13. The summed E-state index contributed by atoms with van der Waals surface area (Å²) < 4.78 is 5.67. The summed E-state index contributed by atoms with van der Waals surface area (Å²) in [6.07, 6.45) is 3.52. The van der Waals surface area contributed by atoms with Crippen LogP contribution in [0, 0.1) is 0 Å². The number of rotatable bonds is 2. The standard InChI is InChI=1S/C12H14N2OS/c13-8-4-3-7-11(8)16-12-14-9-5-1-2-6-10(9)15-12/h1-2,5-6,8,11H,3-4,7,13H2. The van der Waals surface area contributed by atoms with Gasteiger partial charge in [0.05, 0.1) is 0 Å². The van der Waals surface area contributed by atoms with Crippen LogP contribution in [0.5, 0.6) is 0 Å². The van der Waals surface area contributed by atoms with Gasteiger partial charge in [0.2, 0.25) is 0 Å². The first-order valence-electron chi connectivity index (χ1n) is 5.61. The molecule has 0 aliphatic heterocycles. The molecule has 1 aromatic carbocycles. The fraction of sp³-hybridized carbons (Fsp3) is 0.417. The molecular weight excluding hydrogens is 220 g/mol. The Balaban J connectivity index is 1.83. The van der Waals surface area contributed by atoms with Gasteiger partial charge in [0, 0.05) is 11.3 Å². The van der Waals surface area contributed by atoms with E-state index >= 15 is 0 Å². The Morgan fingerprint density at radius 3 is 2.94 bits per heavy atom. The number of fused-ring (bicyclic) bond motifs is 1. The van der Waals surface area contributed by atoms with Gasteiger partial charge in [-0.1, -0.05) is 30.3 Å². The zero-order valence-corrected chi connectivity index (χ0v) is 9.74.